The SMILES string of the molecule is C=C(C)C(=O)OCCOP(=O)(O)O.CC(OP(=O)(O)O)C(C)[N+](C)(C)C. The van der Waals surface area contributed by atoms with Gasteiger partial charge in [-0.05, 0) is 20.8 Å². The van der Waals surface area contributed by atoms with Crippen LogP contribution in [-0.2, 0) is 27.7 Å². The van der Waals surface area contributed by atoms with E-state index in [0.29, 0.717) is 4.48 Å². The molecular weight excluding hydrogens is 392 g/mol. The summed E-state index contributed by atoms with van der Waals surface area (Å²) < 4.78 is 34.3. The molecule has 0 bridgehead atoms. The second-order valence-corrected chi connectivity index (χ2v) is 8.83. The fourth-order valence-electron chi connectivity index (χ4n) is 1.35. The zero-order valence-electron chi connectivity index (χ0n) is 15.9. The number of carbonyl (C=O) groups excluding carboxylic acids is 1. The normalized spacial score (nSPS) is 14.7. The van der Waals surface area contributed by atoms with Gasteiger partial charge < -0.3 is 28.8 Å². The van der Waals surface area contributed by atoms with E-state index in [1.807, 2.05) is 28.1 Å². The first-order chi connectivity index (χ1) is 11.4. The molecule has 0 aromatic heterocycles. The van der Waals surface area contributed by atoms with Gasteiger partial charge >= 0.3 is 21.6 Å². The highest BCUT2D eigenvalue weighted by Crippen LogP contribution is 2.38. The van der Waals surface area contributed by atoms with E-state index in [1.54, 1.807) is 6.92 Å². The highest BCUT2D eigenvalue weighted by atomic mass is 31.2. The van der Waals surface area contributed by atoms with Crippen molar-refractivity contribution < 1.29 is 51.8 Å². The average molecular weight is 422 g/mol. The van der Waals surface area contributed by atoms with E-state index in [1.165, 1.54) is 6.92 Å². The fourth-order valence-corrected chi connectivity index (χ4v) is 2.27. The number of rotatable bonds is 9. The maximum absolute atomic E-state index is 10.7. The Kier molecular flexibility index (Phi) is 12.0. The Morgan fingerprint density at radius 2 is 1.50 bits per heavy atom. The summed E-state index contributed by atoms with van der Waals surface area (Å²) >= 11 is 0. The van der Waals surface area contributed by atoms with Crippen LogP contribution in [0.5, 0.6) is 0 Å². The van der Waals surface area contributed by atoms with Gasteiger partial charge in [-0.2, -0.15) is 0 Å². The summed E-state index contributed by atoms with van der Waals surface area (Å²) in [6.45, 7) is 7.77. The molecule has 0 spiro atoms. The minimum absolute atomic E-state index is 0.0209. The molecular formula is C13H30NO10P2+. The van der Waals surface area contributed by atoms with E-state index >= 15 is 0 Å². The molecule has 26 heavy (non-hydrogen) atoms. The first-order valence-electron chi connectivity index (χ1n) is 7.44. The van der Waals surface area contributed by atoms with E-state index < -0.39 is 27.7 Å². The Morgan fingerprint density at radius 3 is 1.81 bits per heavy atom. The number of esters is 1. The van der Waals surface area contributed by atoms with Gasteiger partial charge in [0.15, 0.2) is 0 Å². The molecule has 0 rings (SSSR count). The van der Waals surface area contributed by atoms with Crippen molar-refractivity contribution in [3.63, 3.8) is 0 Å². The van der Waals surface area contributed by atoms with Crippen LogP contribution in [-0.4, -0.2) is 76.5 Å². The van der Waals surface area contributed by atoms with Crippen LogP contribution < -0.4 is 0 Å². The lowest BCUT2D eigenvalue weighted by Crippen LogP contribution is -2.49. The Morgan fingerprint density at radius 1 is 1.04 bits per heavy atom. The summed E-state index contributed by atoms with van der Waals surface area (Å²) in [5, 5.41) is 0. The topological polar surface area (TPSA) is 160 Å². The van der Waals surface area contributed by atoms with E-state index in [0.717, 1.165) is 0 Å². The fraction of sp³-hybridized carbons (Fsp3) is 0.769. The van der Waals surface area contributed by atoms with Gasteiger partial charge in [-0.25, -0.2) is 13.9 Å². The number of hydrogen-bond donors (Lipinski definition) is 4. The summed E-state index contributed by atoms with van der Waals surface area (Å²) in [4.78, 5) is 44.3. The number of quaternary nitrogens is 1. The van der Waals surface area contributed by atoms with Gasteiger partial charge in [0.2, 0.25) is 0 Å². The standard InChI is InChI=1S/C7H18NO4P.C6H11O6P/c1-6(8(3,4)5)7(2)12-13(9,10)11;1-5(2)6(7)11-3-4-12-13(8,9)10/h6-7H,1-5H3,(H-,9,10,11);1,3-4H2,2H3,(H2,8,9,10)/p+1. The molecule has 0 aromatic carbocycles. The average Bonchev–Trinajstić information content (AvgIpc) is 2.39. The van der Waals surface area contributed by atoms with Crippen molar-refractivity contribution in [1.82, 2.24) is 0 Å². The molecule has 156 valence electrons. The summed E-state index contributed by atoms with van der Waals surface area (Å²) in [5.74, 6) is -0.616. The van der Waals surface area contributed by atoms with Gasteiger partial charge in [0.05, 0.1) is 27.7 Å². The Balaban J connectivity index is 0. The first kappa shape index (κ1) is 27.6. The highest BCUT2D eigenvalue weighted by molar-refractivity contribution is 7.46. The van der Waals surface area contributed by atoms with Gasteiger partial charge in [0, 0.05) is 5.57 Å². The molecule has 0 aliphatic heterocycles. The monoisotopic (exact) mass is 422 g/mol. The second kappa shape index (κ2) is 11.3. The molecule has 0 saturated carbocycles. The number of phosphoric ester groups is 2. The van der Waals surface area contributed by atoms with Crippen LogP contribution in [0.15, 0.2) is 12.2 Å². The maximum Gasteiger partial charge on any atom is 0.470 e. The minimum atomic E-state index is -4.46. The van der Waals surface area contributed by atoms with E-state index in [2.05, 4.69) is 20.4 Å². The molecule has 2 unspecified atom stereocenters. The number of hydrogen-bond acceptors (Lipinski definition) is 6. The lowest BCUT2D eigenvalue weighted by atomic mass is 10.2. The Hall–Kier alpha value is -0.610. The molecule has 0 saturated heterocycles. The number of nitrogens with zero attached hydrogens (tertiary/aromatic N) is 1. The van der Waals surface area contributed by atoms with Crippen LogP contribution in [0.2, 0.25) is 0 Å². The van der Waals surface area contributed by atoms with E-state index in [9.17, 15) is 13.9 Å². The van der Waals surface area contributed by atoms with Gasteiger partial charge in [0.1, 0.15) is 18.8 Å². The first-order valence-corrected chi connectivity index (χ1v) is 10.5. The molecule has 0 fully saturated rings. The number of phosphoric acid groups is 2. The van der Waals surface area contributed by atoms with Crippen molar-refractivity contribution in [3.8, 4) is 0 Å². The van der Waals surface area contributed by atoms with Crippen molar-refractivity contribution in [3.05, 3.63) is 12.2 Å². The molecule has 0 radical (unpaired) electrons. The van der Waals surface area contributed by atoms with Gasteiger partial charge in [-0.15, -0.1) is 0 Å². The predicted octanol–water partition coefficient (Wildman–Crippen LogP) is 0.794. The summed E-state index contributed by atoms with van der Waals surface area (Å²) in [5.41, 5.74) is 0.219. The van der Waals surface area contributed by atoms with E-state index in [-0.39, 0.29) is 24.8 Å². The van der Waals surface area contributed by atoms with E-state index in [4.69, 9.17) is 19.6 Å². The zero-order valence-corrected chi connectivity index (χ0v) is 17.6. The van der Waals surface area contributed by atoms with Crippen LogP contribution in [0, 0.1) is 0 Å². The van der Waals surface area contributed by atoms with Crippen LogP contribution in [0.1, 0.15) is 20.8 Å². The predicted molar refractivity (Wildman–Crippen MR) is 93.9 cm³/mol. The summed E-state index contributed by atoms with van der Waals surface area (Å²) in [6.07, 6.45) is -0.471. The highest BCUT2D eigenvalue weighted by Gasteiger charge is 2.30. The third-order valence-corrected chi connectivity index (χ3v) is 4.26. The molecule has 4 N–H and O–H groups in total. The van der Waals surface area contributed by atoms with Gasteiger partial charge in [0.25, 0.3) is 0 Å². The number of ether oxygens (including phenoxy) is 1. The quantitative estimate of drug-likeness (QED) is 0.138. The van der Waals surface area contributed by atoms with Crippen LogP contribution in [0.25, 0.3) is 0 Å². The lowest BCUT2D eigenvalue weighted by molar-refractivity contribution is -0.897. The van der Waals surface area contributed by atoms with Gasteiger partial charge in [-0.3, -0.25) is 9.05 Å². The van der Waals surface area contributed by atoms with Gasteiger partial charge in [-0.1, -0.05) is 6.58 Å². The maximum atomic E-state index is 10.7. The number of likely N-dealkylation sites (N-methyl/N-ethyl adjacent to an activating group) is 1. The molecule has 0 aliphatic carbocycles. The van der Waals surface area contributed by atoms with Crippen molar-refractivity contribution in [1.29, 1.82) is 0 Å². The summed E-state index contributed by atoms with van der Waals surface area (Å²) in [7, 11) is -2.97. The van der Waals surface area contributed by atoms with Crippen molar-refractivity contribution in [2.24, 2.45) is 0 Å². The van der Waals surface area contributed by atoms with Crippen molar-refractivity contribution in [2.45, 2.75) is 32.9 Å². The molecule has 0 amide bonds. The lowest BCUT2D eigenvalue weighted by Gasteiger charge is -2.35. The largest absolute Gasteiger partial charge is 0.470 e. The summed E-state index contributed by atoms with van der Waals surface area (Å²) in [6, 6.07) is 0.0209. The molecule has 0 heterocycles. The second-order valence-electron chi connectivity index (χ2n) is 6.40. The molecule has 0 aliphatic rings. The number of carbonyl (C=O) groups is 1. The Bertz CT molecular complexity index is 548. The van der Waals surface area contributed by atoms with Crippen LogP contribution in [0.4, 0.5) is 0 Å². The molecule has 2 atom stereocenters. The van der Waals surface area contributed by atoms with Crippen LogP contribution >= 0.6 is 15.6 Å². The van der Waals surface area contributed by atoms with Crippen molar-refractivity contribution >= 4 is 21.6 Å². The minimum Gasteiger partial charge on any atom is -0.460 e. The molecule has 13 heteroatoms. The van der Waals surface area contributed by atoms with Crippen LogP contribution in [0.3, 0.4) is 0 Å². The zero-order chi connectivity index (χ0) is 21.3. The van der Waals surface area contributed by atoms with Crippen molar-refractivity contribution in [2.75, 3.05) is 34.4 Å². The third kappa shape index (κ3) is 16.8. The molecule has 0 aromatic rings. The smallest absolute Gasteiger partial charge is 0.460 e. The Labute approximate surface area is 153 Å². The molecule has 11 nitrogen and oxygen atoms in total. The third-order valence-electron chi connectivity index (χ3n) is 3.13.